The second-order valence-electron chi connectivity index (χ2n) is 5.37. The van der Waals surface area contributed by atoms with Crippen LogP contribution in [0.3, 0.4) is 0 Å². The average Bonchev–Trinajstić information content (AvgIpc) is 2.38. The molecule has 1 aromatic rings. The summed E-state index contributed by atoms with van der Waals surface area (Å²) in [5.74, 6) is 0.727. The highest BCUT2D eigenvalue weighted by Gasteiger charge is 2.12. The summed E-state index contributed by atoms with van der Waals surface area (Å²) in [6.45, 7) is 6.71. The third kappa shape index (κ3) is 5.20. The molecule has 1 heteroatoms. The molecule has 0 aromatic carbocycles. The Balaban J connectivity index is 2.47. The Labute approximate surface area is 113 Å². The molecule has 1 heterocycles. The molecule has 0 saturated carbocycles. The van der Waals surface area contributed by atoms with Gasteiger partial charge in [-0.05, 0) is 37.3 Å². The number of pyridine rings is 1. The molecule has 0 N–H and O–H groups in total. The van der Waals surface area contributed by atoms with E-state index in [1.165, 1.54) is 62.6 Å². The minimum absolute atomic E-state index is 0.727. The normalized spacial score (nSPS) is 12.6. The van der Waals surface area contributed by atoms with Gasteiger partial charge in [0.25, 0.3) is 0 Å². The van der Waals surface area contributed by atoms with Crippen LogP contribution in [0.1, 0.15) is 82.4 Å². The largest absolute Gasteiger partial charge is 0.261 e. The second kappa shape index (κ2) is 9.13. The third-order valence-electron chi connectivity index (χ3n) is 3.78. The molecule has 1 unspecified atom stereocenters. The van der Waals surface area contributed by atoms with Gasteiger partial charge in [-0.2, -0.15) is 0 Å². The number of unbranched alkanes of at least 4 members (excludes halogenated alkanes) is 4. The van der Waals surface area contributed by atoms with Gasteiger partial charge in [-0.15, -0.1) is 0 Å². The van der Waals surface area contributed by atoms with E-state index in [-0.39, 0.29) is 0 Å². The van der Waals surface area contributed by atoms with Gasteiger partial charge in [0.05, 0.1) is 0 Å². The maximum Gasteiger partial charge on any atom is 0.0407 e. The summed E-state index contributed by atoms with van der Waals surface area (Å²) >= 11 is 0. The van der Waals surface area contributed by atoms with Gasteiger partial charge in [0.1, 0.15) is 0 Å². The lowest BCUT2D eigenvalue weighted by atomic mass is 9.88. The Morgan fingerprint density at radius 3 is 2.44 bits per heavy atom. The highest BCUT2D eigenvalue weighted by molar-refractivity contribution is 5.22. The van der Waals surface area contributed by atoms with Crippen molar-refractivity contribution in [1.82, 2.24) is 4.98 Å². The number of hydrogen-bond donors (Lipinski definition) is 0. The first-order valence-corrected chi connectivity index (χ1v) is 7.71. The van der Waals surface area contributed by atoms with Gasteiger partial charge in [-0.3, -0.25) is 4.98 Å². The van der Waals surface area contributed by atoms with Crippen LogP contribution in [0.2, 0.25) is 0 Å². The zero-order chi connectivity index (χ0) is 13.2. The maximum absolute atomic E-state index is 4.44. The topological polar surface area (TPSA) is 12.9 Å². The number of nitrogens with zero attached hydrogens (tertiary/aromatic N) is 1. The highest BCUT2D eigenvalue weighted by Crippen LogP contribution is 2.28. The van der Waals surface area contributed by atoms with E-state index in [2.05, 4.69) is 37.9 Å². The first-order chi connectivity index (χ1) is 8.79. The lowest BCUT2D eigenvalue weighted by Gasteiger charge is -2.18. The van der Waals surface area contributed by atoms with E-state index in [0.29, 0.717) is 0 Å². The summed E-state index contributed by atoms with van der Waals surface area (Å²) in [6.07, 6.45) is 12.7. The standard InChI is InChI=1S/C17H29N/c1-4-6-7-8-9-12-16(11-5-2)17-13-10-14-18-15(17)3/h10,13-14,16H,4-9,11-12H2,1-3H3. The monoisotopic (exact) mass is 247 g/mol. The summed E-state index contributed by atoms with van der Waals surface area (Å²) in [4.78, 5) is 4.44. The molecule has 1 atom stereocenters. The smallest absolute Gasteiger partial charge is 0.0407 e. The van der Waals surface area contributed by atoms with Crippen LogP contribution in [-0.2, 0) is 0 Å². The summed E-state index contributed by atoms with van der Waals surface area (Å²) < 4.78 is 0. The number of rotatable bonds is 9. The molecule has 1 aromatic heterocycles. The quantitative estimate of drug-likeness (QED) is 0.515. The first kappa shape index (κ1) is 15.2. The summed E-state index contributed by atoms with van der Waals surface area (Å²) in [5, 5.41) is 0. The lowest BCUT2D eigenvalue weighted by Crippen LogP contribution is -2.02. The Bertz CT molecular complexity index is 319. The van der Waals surface area contributed by atoms with E-state index in [0.717, 1.165) is 5.92 Å². The predicted octanol–water partition coefficient (Wildman–Crippen LogP) is 5.63. The minimum Gasteiger partial charge on any atom is -0.261 e. The van der Waals surface area contributed by atoms with E-state index in [4.69, 9.17) is 0 Å². The van der Waals surface area contributed by atoms with Gasteiger partial charge in [0.2, 0.25) is 0 Å². The number of aromatic nitrogens is 1. The molecule has 1 rings (SSSR count). The summed E-state index contributed by atoms with van der Waals surface area (Å²) in [7, 11) is 0. The Hall–Kier alpha value is -0.850. The molecule has 0 radical (unpaired) electrons. The van der Waals surface area contributed by atoms with Gasteiger partial charge in [0, 0.05) is 11.9 Å². The molecule has 0 bridgehead atoms. The molecular formula is C17H29N. The molecule has 18 heavy (non-hydrogen) atoms. The molecule has 0 aliphatic rings. The van der Waals surface area contributed by atoms with E-state index in [9.17, 15) is 0 Å². The van der Waals surface area contributed by atoms with Crippen molar-refractivity contribution in [2.75, 3.05) is 0 Å². The van der Waals surface area contributed by atoms with Crippen molar-refractivity contribution in [2.45, 2.75) is 78.1 Å². The van der Waals surface area contributed by atoms with Crippen molar-refractivity contribution in [3.05, 3.63) is 29.6 Å². The van der Waals surface area contributed by atoms with Crippen LogP contribution < -0.4 is 0 Å². The van der Waals surface area contributed by atoms with Crippen LogP contribution in [0, 0.1) is 6.92 Å². The molecule has 0 saturated heterocycles. The van der Waals surface area contributed by atoms with Crippen LogP contribution in [-0.4, -0.2) is 4.98 Å². The van der Waals surface area contributed by atoms with Crippen molar-refractivity contribution in [2.24, 2.45) is 0 Å². The van der Waals surface area contributed by atoms with Gasteiger partial charge in [-0.25, -0.2) is 0 Å². The first-order valence-electron chi connectivity index (χ1n) is 7.71. The zero-order valence-corrected chi connectivity index (χ0v) is 12.4. The summed E-state index contributed by atoms with van der Waals surface area (Å²) in [6, 6.07) is 4.36. The molecule has 0 aliphatic carbocycles. The van der Waals surface area contributed by atoms with Gasteiger partial charge in [0.15, 0.2) is 0 Å². The summed E-state index contributed by atoms with van der Waals surface area (Å²) in [5.41, 5.74) is 2.71. The molecule has 0 amide bonds. The van der Waals surface area contributed by atoms with E-state index < -0.39 is 0 Å². The van der Waals surface area contributed by atoms with Crippen molar-refractivity contribution in [3.8, 4) is 0 Å². The molecule has 1 nitrogen and oxygen atoms in total. The van der Waals surface area contributed by atoms with E-state index >= 15 is 0 Å². The van der Waals surface area contributed by atoms with E-state index in [1.54, 1.807) is 0 Å². The fraction of sp³-hybridized carbons (Fsp3) is 0.706. The van der Waals surface area contributed by atoms with Gasteiger partial charge in [-0.1, -0.05) is 58.4 Å². The predicted molar refractivity (Wildman–Crippen MR) is 80.0 cm³/mol. The number of hydrogen-bond acceptors (Lipinski definition) is 1. The van der Waals surface area contributed by atoms with Crippen LogP contribution in [0.15, 0.2) is 18.3 Å². The average molecular weight is 247 g/mol. The third-order valence-corrected chi connectivity index (χ3v) is 3.78. The van der Waals surface area contributed by atoms with Gasteiger partial charge < -0.3 is 0 Å². The Kier molecular flexibility index (Phi) is 7.71. The van der Waals surface area contributed by atoms with Crippen LogP contribution in [0.5, 0.6) is 0 Å². The molecular weight excluding hydrogens is 218 g/mol. The van der Waals surface area contributed by atoms with Crippen molar-refractivity contribution in [1.29, 1.82) is 0 Å². The van der Waals surface area contributed by atoms with Crippen LogP contribution >= 0.6 is 0 Å². The zero-order valence-electron chi connectivity index (χ0n) is 12.4. The molecule has 0 spiro atoms. The molecule has 102 valence electrons. The highest BCUT2D eigenvalue weighted by atomic mass is 14.7. The minimum atomic E-state index is 0.727. The second-order valence-corrected chi connectivity index (χ2v) is 5.37. The Morgan fingerprint density at radius 2 is 1.78 bits per heavy atom. The Morgan fingerprint density at radius 1 is 1.00 bits per heavy atom. The number of aryl methyl sites for hydroxylation is 1. The van der Waals surface area contributed by atoms with Gasteiger partial charge >= 0.3 is 0 Å². The molecule has 0 fully saturated rings. The fourth-order valence-electron chi connectivity index (χ4n) is 2.73. The maximum atomic E-state index is 4.44. The van der Waals surface area contributed by atoms with Crippen LogP contribution in [0.4, 0.5) is 0 Å². The fourth-order valence-corrected chi connectivity index (χ4v) is 2.73. The van der Waals surface area contributed by atoms with Crippen molar-refractivity contribution < 1.29 is 0 Å². The SMILES string of the molecule is CCCCCCCC(CCC)c1cccnc1C. The van der Waals surface area contributed by atoms with E-state index in [1.807, 2.05) is 6.20 Å². The lowest BCUT2D eigenvalue weighted by molar-refractivity contribution is 0.513. The molecule has 0 aliphatic heterocycles. The van der Waals surface area contributed by atoms with Crippen molar-refractivity contribution >= 4 is 0 Å². The van der Waals surface area contributed by atoms with Crippen LogP contribution in [0.25, 0.3) is 0 Å². The van der Waals surface area contributed by atoms with Crippen molar-refractivity contribution in [3.63, 3.8) is 0 Å².